The number of benzene rings is 12. The van der Waals surface area contributed by atoms with Gasteiger partial charge in [0.25, 0.3) is 0 Å². The largest absolute Gasteiger partial charge is 0.308 e. The van der Waals surface area contributed by atoms with Gasteiger partial charge in [-0.2, -0.15) is 20.2 Å². The highest BCUT2D eigenvalue weighted by atomic mass is 15.3. The van der Waals surface area contributed by atoms with E-state index in [1.807, 2.05) is 6.07 Å². The molecule has 17 rings (SSSR count). The van der Waals surface area contributed by atoms with Gasteiger partial charge in [0.15, 0.2) is 5.82 Å². The first-order chi connectivity index (χ1) is 42.4. The van der Waals surface area contributed by atoms with E-state index in [0.29, 0.717) is 28.8 Å². The van der Waals surface area contributed by atoms with Gasteiger partial charge in [0.05, 0.1) is 44.4 Å². The Balaban J connectivity index is 0.924. The molecule has 7 heteroatoms. The minimum Gasteiger partial charge on any atom is -0.308 e. The van der Waals surface area contributed by atoms with E-state index in [1.54, 1.807) is 0 Å². The summed E-state index contributed by atoms with van der Waals surface area (Å²) in [7, 11) is 0. The Hall–Kier alpha value is -11.5. The molecule has 16 aromatic rings. The molecule has 4 heterocycles. The lowest BCUT2D eigenvalue weighted by Crippen LogP contribution is -2.14. The van der Waals surface area contributed by atoms with Gasteiger partial charge in [0, 0.05) is 43.3 Å². The molecule has 0 spiro atoms. The summed E-state index contributed by atoms with van der Waals surface area (Å²) in [6, 6.07) is 99.6. The second kappa shape index (κ2) is 19.0. The molecular weight excluding hydrogens is 1050 g/mol. The first kappa shape index (κ1) is 49.2. The van der Waals surface area contributed by atoms with Crippen LogP contribution in [0.2, 0.25) is 0 Å². The van der Waals surface area contributed by atoms with E-state index >= 15 is 0 Å². The van der Waals surface area contributed by atoms with Crippen LogP contribution in [0.5, 0.6) is 0 Å². The van der Waals surface area contributed by atoms with Gasteiger partial charge in [-0.05, 0) is 146 Å². The number of nitriles is 1. The van der Waals surface area contributed by atoms with E-state index in [0.717, 1.165) is 110 Å². The number of rotatable bonds is 8. The van der Waals surface area contributed by atoms with Crippen molar-refractivity contribution in [1.29, 1.82) is 5.26 Å². The van der Waals surface area contributed by atoms with E-state index in [-0.39, 0.29) is 5.41 Å². The Labute approximate surface area is 496 Å². The maximum atomic E-state index is 11.5. The summed E-state index contributed by atoms with van der Waals surface area (Å²) < 4.78 is 6.64. The maximum absolute atomic E-state index is 11.5. The van der Waals surface area contributed by atoms with Gasteiger partial charge in [-0.25, -0.2) is 0 Å². The van der Waals surface area contributed by atoms with Gasteiger partial charge in [-0.3, -0.25) is 9.13 Å². The SMILES string of the molecule is CC1(C)c2ccccc2-c2c1ccc1c2c2ccccc2n1-c1ccc(-c2nc(-n3c4ccc(-c5ccccc5)cc4c4cc(-c5ccccc5)ccc43)nc(-n3c4ccc(-c5ccccc5)cc4c4cc(-c5ccccc5)ccc43)n2)cc1C#N. The Bertz CT molecular complexity index is 5080. The van der Waals surface area contributed by atoms with Crippen molar-refractivity contribution in [1.82, 2.24) is 28.7 Å². The van der Waals surface area contributed by atoms with Crippen molar-refractivity contribution < 1.29 is 0 Å². The van der Waals surface area contributed by atoms with Crippen molar-refractivity contribution in [2.45, 2.75) is 19.3 Å². The zero-order chi connectivity index (χ0) is 57.2. The van der Waals surface area contributed by atoms with Crippen molar-refractivity contribution in [3.63, 3.8) is 0 Å². The molecule has 0 fully saturated rings. The quantitative estimate of drug-likeness (QED) is 0.152. The molecule has 0 saturated heterocycles. The zero-order valence-corrected chi connectivity index (χ0v) is 47.1. The van der Waals surface area contributed by atoms with Crippen LogP contribution in [0, 0.1) is 11.3 Å². The third kappa shape index (κ3) is 7.50. The van der Waals surface area contributed by atoms with Crippen molar-refractivity contribution in [3.05, 3.63) is 290 Å². The first-order valence-electron chi connectivity index (χ1n) is 29.2. The van der Waals surface area contributed by atoms with Gasteiger partial charge in [0.1, 0.15) is 6.07 Å². The van der Waals surface area contributed by atoms with Crippen molar-refractivity contribution in [2.24, 2.45) is 0 Å². The predicted octanol–water partition coefficient (Wildman–Crippen LogP) is 19.7. The van der Waals surface area contributed by atoms with Crippen LogP contribution in [0.4, 0.5) is 0 Å². The summed E-state index contributed by atoms with van der Waals surface area (Å²) in [5, 5.41) is 18.1. The van der Waals surface area contributed by atoms with E-state index < -0.39 is 0 Å². The average molecular weight is 1100 g/mol. The molecule has 86 heavy (non-hydrogen) atoms. The zero-order valence-electron chi connectivity index (χ0n) is 47.1. The highest BCUT2D eigenvalue weighted by Gasteiger charge is 2.37. The van der Waals surface area contributed by atoms with Crippen molar-refractivity contribution in [3.8, 4) is 90.7 Å². The number of aromatic nitrogens is 6. The van der Waals surface area contributed by atoms with Gasteiger partial charge in [-0.15, -0.1) is 0 Å². The van der Waals surface area contributed by atoms with Crippen LogP contribution in [0.15, 0.2) is 273 Å². The smallest absolute Gasteiger partial charge is 0.240 e. The van der Waals surface area contributed by atoms with Crippen LogP contribution in [-0.2, 0) is 5.41 Å². The fourth-order valence-electron chi connectivity index (χ4n) is 13.9. The van der Waals surface area contributed by atoms with Crippen LogP contribution < -0.4 is 0 Å². The molecule has 0 saturated carbocycles. The van der Waals surface area contributed by atoms with Crippen LogP contribution in [0.25, 0.3) is 150 Å². The lowest BCUT2D eigenvalue weighted by Gasteiger charge is -2.21. The summed E-state index contributed by atoms with van der Waals surface area (Å²) in [4.78, 5) is 16.7. The fourth-order valence-corrected chi connectivity index (χ4v) is 13.9. The van der Waals surface area contributed by atoms with Gasteiger partial charge in [0.2, 0.25) is 11.9 Å². The normalized spacial score (nSPS) is 12.6. The van der Waals surface area contributed by atoms with Crippen molar-refractivity contribution >= 4 is 65.4 Å². The number of hydrogen-bond donors (Lipinski definition) is 0. The number of nitrogens with zero attached hydrogens (tertiary/aromatic N) is 7. The monoisotopic (exact) mass is 1100 g/mol. The topological polar surface area (TPSA) is 77.2 Å². The first-order valence-corrected chi connectivity index (χ1v) is 29.2. The molecule has 0 amide bonds. The maximum Gasteiger partial charge on any atom is 0.240 e. The molecule has 1 aliphatic rings. The second-order valence-electron chi connectivity index (χ2n) is 23.1. The lowest BCUT2D eigenvalue weighted by atomic mass is 9.82. The molecule has 0 radical (unpaired) electrons. The summed E-state index contributed by atoms with van der Waals surface area (Å²) >= 11 is 0. The van der Waals surface area contributed by atoms with Crippen molar-refractivity contribution in [2.75, 3.05) is 0 Å². The van der Waals surface area contributed by atoms with Gasteiger partial charge < -0.3 is 4.57 Å². The number of fused-ring (bicyclic) bond motifs is 13. The molecular formula is C79H51N7. The fraction of sp³-hybridized carbons (Fsp3) is 0.0380. The van der Waals surface area contributed by atoms with E-state index in [1.165, 1.54) is 27.6 Å². The van der Waals surface area contributed by atoms with Crippen LogP contribution >= 0.6 is 0 Å². The Morgan fingerprint density at radius 2 is 0.733 bits per heavy atom. The van der Waals surface area contributed by atoms with E-state index in [2.05, 4.69) is 301 Å². The van der Waals surface area contributed by atoms with E-state index in [9.17, 15) is 5.26 Å². The molecule has 1 aliphatic carbocycles. The highest BCUT2D eigenvalue weighted by Crippen LogP contribution is 2.53. The summed E-state index contributed by atoms with van der Waals surface area (Å²) in [5.74, 6) is 1.33. The van der Waals surface area contributed by atoms with Crippen LogP contribution in [-0.4, -0.2) is 28.7 Å². The lowest BCUT2D eigenvalue weighted by molar-refractivity contribution is 0.661. The molecule has 4 aromatic heterocycles. The Kier molecular flexibility index (Phi) is 10.9. The van der Waals surface area contributed by atoms with E-state index in [4.69, 9.17) is 15.0 Å². The summed E-state index contributed by atoms with van der Waals surface area (Å²) in [5.41, 5.74) is 21.8. The summed E-state index contributed by atoms with van der Waals surface area (Å²) in [6.07, 6.45) is 0. The van der Waals surface area contributed by atoms with Gasteiger partial charge >= 0.3 is 0 Å². The molecule has 0 atom stereocenters. The Morgan fingerprint density at radius 1 is 0.326 bits per heavy atom. The average Bonchev–Trinajstić information content (AvgIpc) is 1.62. The highest BCUT2D eigenvalue weighted by molar-refractivity contribution is 6.18. The minimum absolute atomic E-state index is 0.171. The molecule has 12 aromatic carbocycles. The van der Waals surface area contributed by atoms with Gasteiger partial charge in [-0.1, -0.05) is 208 Å². The Morgan fingerprint density at radius 3 is 1.21 bits per heavy atom. The summed E-state index contributed by atoms with van der Waals surface area (Å²) in [6.45, 7) is 4.64. The molecule has 0 N–H and O–H groups in total. The number of hydrogen-bond acceptors (Lipinski definition) is 4. The van der Waals surface area contributed by atoms with Crippen LogP contribution in [0.3, 0.4) is 0 Å². The third-order valence-electron chi connectivity index (χ3n) is 18.0. The third-order valence-corrected chi connectivity index (χ3v) is 18.0. The predicted molar refractivity (Wildman–Crippen MR) is 352 cm³/mol. The molecule has 0 aliphatic heterocycles. The minimum atomic E-state index is -0.171. The molecule has 402 valence electrons. The molecule has 0 unspecified atom stereocenters. The second-order valence-corrected chi connectivity index (χ2v) is 23.1. The standard InChI is InChI=1S/C79H51N7/c1-79(2)65-29-17-15-27-59(65)74-66(79)36-42-73-75(74)60-28-16-18-30-68(60)84(73)67-37-35-57(43-58(67)48-80)76-81-77(85-69-38-31-53(49-19-7-3-8-20-49)44-61(69)62-45-54(32-39-70(62)85)50-21-9-4-10-22-50)83-78(82-76)86-71-40-33-55(51-23-11-5-12-24-51)46-63(71)64-47-56(34-41-72(64)86)52-25-13-6-14-26-52/h3-47H,1-2H3. The molecule has 0 bridgehead atoms. The van der Waals surface area contributed by atoms with Crippen LogP contribution in [0.1, 0.15) is 30.5 Å². The number of para-hydroxylation sites is 1. The molecule has 7 nitrogen and oxygen atoms in total.